The monoisotopic (exact) mass is 357 g/mol. The summed E-state index contributed by atoms with van der Waals surface area (Å²) in [6.45, 7) is 0. The highest BCUT2D eigenvalue weighted by atomic mass is 16.4. The maximum Gasteiger partial charge on any atom is 0.341 e. The third-order valence-corrected chi connectivity index (χ3v) is 4.69. The van der Waals surface area contributed by atoms with E-state index >= 15 is 0 Å². The number of dihydropyridines is 1. The Bertz CT molecular complexity index is 1180. The van der Waals surface area contributed by atoms with Gasteiger partial charge in [-0.2, -0.15) is 0 Å². The van der Waals surface area contributed by atoms with Crippen molar-refractivity contribution in [2.75, 3.05) is 0 Å². The first-order chi connectivity index (χ1) is 13.2. The van der Waals surface area contributed by atoms with Gasteiger partial charge in [0.05, 0.1) is 27.8 Å². The summed E-state index contributed by atoms with van der Waals surface area (Å²) in [5, 5.41) is 13.1. The van der Waals surface area contributed by atoms with Crippen molar-refractivity contribution < 1.29 is 9.90 Å². The Morgan fingerprint density at radius 1 is 0.926 bits per heavy atom. The van der Waals surface area contributed by atoms with Crippen molar-refractivity contribution in [2.24, 2.45) is 0 Å². The SMILES string of the molecule is O=C(O)C1(c2nc3ccccc3[nH]2)C=CC=C(c2nc3ccccc3[nH]2)N1. The van der Waals surface area contributed by atoms with Gasteiger partial charge in [-0.3, -0.25) is 0 Å². The van der Waals surface area contributed by atoms with Crippen molar-refractivity contribution in [3.63, 3.8) is 0 Å². The number of aromatic nitrogens is 4. The molecule has 0 radical (unpaired) electrons. The van der Waals surface area contributed by atoms with Gasteiger partial charge >= 0.3 is 5.97 Å². The van der Waals surface area contributed by atoms with Crippen LogP contribution >= 0.6 is 0 Å². The van der Waals surface area contributed by atoms with Crippen LogP contribution in [0.5, 0.6) is 0 Å². The van der Waals surface area contributed by atoms with Crippen LogP contribution in [0.25, 0.3) is 27.8 Å². The number of aliphatic carboxylic acids is 1. The minimum Gasteiger partial charge on any atom is -0.479 e. The molecule has 2 aromatic heterocycles. The highest BCUT2D eigenvalue weighted by Gasteiger charge is 2.43. The number of allylic oxidation sites excluding steroid dienone is 2. The van der Waals surface area contributed by atoms with Crippen LogP contribution in [0.3, 0.4) is 0 Å². The summed E-state index contributed by atoms with van der Waals surface area (Å²) < 4.78 is 0. The first kappa shape index (κ1) is 15.4. The molecule has 3 heterocycles. The number of aromatic amines is 2. The minimum atomic E-state index is -1.51. The van der Waals surface area contributed by atoms with Gasteiger partial charge in [-0.25, -0.2) is 14.8 Å². The lowest BCUT2D eigenvalue weighted by molar-refractivity contribution is -0.142. The summed E-state index contributed by atoms with van der Waals surface area (Å²) in [6.07, 6.45) is 5.08. The number of benzene rings is 2. The van der Waals surface area contributed by atoms with Gasteiger partial charge in [-0.15, -0.1) is 0 Å². The molecule has 1 unspecified atom stereocenters. The molecule has 0 aliphatic carbocycles. The van der Waals surface area contributed by atoms with Crippen LogP contribution < -0.4 is 5.32 Å². The second-order valence-electron chi connectivity index (χ2n) is 6.38. The molecule has 1 aliphatic heterocycles. The van der Waals surface area contributed by atoms with E-state index in [2.05, 4.69) is 25.3 Å². The van der Waals surface area contributed by atoms with Crippen LogP contribution in [0.1, 0.15) is 11.6 Å². The molecular formula is C20H15N5O2. The molecule has 132 valence electrons. The Balaban J connectivity index is 1.61. The predicted octanol–water partition coefficient (Wildman–Crippen LogP) is 2.92. The fourth-order valence-corrected chi connectivity index (χ4v) is 3.31. The van der Waals surface area contributed by atoms with Crippen molar-refractivity contribution in [3.05, 3.63) is 78.4 Å². The van der Waals surface area contributed by atoms with Gasteiger partial charge in [0.1, 0.15) is 5.82 Å². The van der Waals surface area contributed by atoms with E-state index in [1.165, 1.54) is 0 Å². The summed E-state index contributed by atoms with van der Waals surface area (Å²) in [4.78, 5) is 27.7. The zero-order valence-corrected chi connectivity index (χ0v) is 14.1. The van der Waals surface area contributed by atoms with Crippen molar-refractivity contribution in [3.8, 4) is 0 Å². The molecule has 7 heteroatoms. The van der Waals surface area contributed by atoms with Gasteiger partial charge in [0.15, 0.2) is 5.82 Å². The van der Waals surface area contributed by atoms with Crippen molar-refractivity contribution in [2.45, 2.75) is 5.54 Å². The lowest BCUT2D eigenvalue weighted by Gasteiger charge is -2.29. The highest BCUT2D eigenvalue weighted by molar-refractivity contribution is 5.88. The molecule has 2 aromatic carbocycles. The Kier molecular flexibility index (Phi) is 3.17. The van der Waals surface area contributed by atoms with Gasteiger partial charge in [0.25, 0.3) is 0 Å². The van der Waals surface area contributed by atoms with Crippen LogP contribution in [-0.2, 0) is 10.3 Å². The Labute approximate surface area is 153 Å². The average molecular weight is 357 g/mol. The Morgan fingerprint density at radius 3 is 2.26 bits per heavy atom. The third-order valence-electron chi connectivity index (χ3n) is 4.69. The summed E-state index contributed by atoms with van der Waals surface area (Å²) in [7, 11) is 0. The number of nitrogens with one attached hydrogen (secondary N) is 3. The maximum absolute atomic E-state index is 12.3. The minimum absolute atomic E-state index is 0.314. The summed E-state index contributed by atoms with van der Waals surface area (Å²) in [5.41, 5.74) is 2.26. The Hall–Kier alpha value is -3.87. The Morgan fingerprint density at radius 2 is 1.59 bits per heavy atom. The van der Waals surface area contributed by atoms with Gasteiger partial charge in [-0.05, 0) is 36.4 Å². The van der Waals surface area contributed by atoms with E-state index in [1.54, 1.807) is 18.2 Å². The van der Waals surface area contributed by atoms with E-state index in [9.17, 15) is 9.90 Å². The lowest BCUT2D eigenvalue weighted by atomic mass is 9.94. The topological polar surface area (TPSA) is 107 Å². The van der Waals surface area contributed by atoms with E-state index < -0.39 is 11.5 Å². The molecule has 0 fully saturated rings. The average Bonchev–Trinajstić information content (AvgIpc) is 3.32. The molecule has 0 spiro atoms. The first-order valence-electron chi connectivity index (χ1n) is 8.47. The molecule has 7 nitrogen and oxygen atoms in total. The number of nitrogens with zero attached hydrogens (tertiary/aromatic N) is 2. The maximum atomic E-state index is 12.3. The number of hydrogen-bond acceptors (Lipinski definition) is 4. The van der Waals surface area contributed by atoms with Gasteiger partial charge < -0.3 is 20.4 Å². The molecule has 5 rings (SSSR count). The fourth-order valence-electron chi connectivity index (χ4n) is 3.31. The van der Waals surface area contributed by atoms with Crippen LogP contribution in [0.4, 0.5) is 0 Å². The quantitative estimate of drug-likeness (QED) is 0.451. The van der Waals surface area contributed by atoms with E-state index in [-0.39, 0.29) is 0 Å². The largest absolute Gasteiger partial charge is 0.479 e. The van der Waals surface area contributed by atoms with Crippen molar-refractivity contribution in [1.29, 1.82) is 0 Å². The van der Waals surface area contributed by atoms with E-state index in [0.29, 0.717) is 22.9 Å². The molecule has 0 saturated heterocycles. The molecule has 1 atom stereocenters. The number of imidazole rings is 2. The number of hydrogen-bond donors (Lipinski definition) is 4. The van der Waals surface area contributed by atoms with Crippen LogP contribution in [0.2, 0.25) is 0 Å². The summed E-state index contributed by atoms with van der Waals surface area (Å²) in [6, 6.07) is 15.1. The van der Waals surface area contributed by atoms with Gasteiger partial charge in [0, 0.05) is 0 Å². The second-order valence-corrected chi connectivity index (χ2v) is 6.38. The predicted molar refractivity (Wildman–Crippen MR) is 102 cm³/mol. The molecule has 0 amide bonds. The number of carboxylic acids is 1. The second kappa shape index (κ2) is 5.57. The number of fused-ring (bicyclic) bond motifs is 2. The molecular weight excluding hydrogens is 342 g/mol. The zero-order chi connectivity index (χ0) is 18.4. The van der Waals surface area contributed by atoms with Gasteiger partial charge in [0.2, 0.25) is 5.54 Å². The molecule has 1 aliphatic rings. The van der Waals surface area contributed by atoms with Gasteiger partial charge in [-0.1, -0.05) is 30.3 Å². The number of rotatable bonds is 3. The van der Waals surface area contributed by atoms with Crippen LogP contribution in [-0.4, -0.2) is 31.0 Å². The van der Waals surface area contributed by atoms with E-state index in [0.717, 1.165) is 16.6 Å². The molecule has 4 N–H and O–H groups in total. The van der Waals surface area contributed by atoms with Crippen molar-refractivity contribution in [1.82, 2.24) is 25.3 Å². The molecule has 0 saturated carbocycles. The fraction of sp³-hybridized carbons (Fsp3) is 0.0500. The van der Waals surface area contributed by atoms with E-state index in [1.807, 2.05) is 48.5 Å². The number of para-hydroxylation sites is 4. The summed E-state index contributed by atoms with van der Waals surface area (Å²) in [5.74, 6) is -0.170. The molecule has 27 heavy (non-hydrogen) atoms. The number of carboxylic acid groups (broad SMARTS) is 1. The van der Waals surface area contributed by atoms with E-state index in [4.69, 9.17) is 0 Å². The standard InChI is InChI=1S/C20H15N5O2/c26-19(27)20(18-23-14-8-3-4-9-15(14)24-18)11-5-10-16(25-20)17-21-12-6-1-2-7-13(12)22-17/h1-11,25H,(H,21,22)(H,23,24)(H,26,27). The smallest absolute Gasteiger partial charge is 0.341 e. The number of H-pyrrole nitrogens is 2. The molecule has 0 bridgehead atoms. The van der Waals surface area contributed by atoms with Crippen molar-refractivity contribution >= 4 is 33.7 Å². The normalized spacial score (nSPS) is 19.2. The van der Waals surface area contributed by atoms with Crippen LogP contribution in [0.15, 0.2) is 66.8 Å². The lowest BCUT2D eigenvalue weighted by Crippen LogP contribution is -2.48. The first-order valence-corrected chi connectivity index (χ1v) is 8.47. The highest BCUT2D eigenvalue weighted by Crippen LogP contribution is 2.30. The van der Waals surface area contributed by atoms with Crippen LogP contribution in [0, 0.1) is 0 Å². The zero-order valence-electron chi connectivity index (χ0n) is 14.1. The number of carbonyl (C=O) groups is 1. The molecule has 4 aromatic rings. The third kappa shape index (κ3) is 2.32. The summed E-state index contributed by atoms with van der Waals surface area (Å²) >= 11 is 0.